The van der Waals surface area contributed by atoms with Gasteiger partial charge in [-0.3, -0.25) is 0 Å². The molecule has 86 valence electrons. The molecule has 0 atom stereocenters. The second-order valence-corrected chi connectivity index (χ2v) is 3.26. The van der Waals surface area contributed by atoms with Crippen LogP contribution >= 0.6 is 24.8 Å². The fraction of sp³-hybridized carbons (Fsp3) is 0.400. The van der Waals surface area contributed by atoms with Gasteiger partial charge in [0.05, 0.1) is 0 Å². The Balaban J connectivity index is 0.000000980. The standard InChI is InChI=1S/C10H14N2O.2ClH/c13-10-3-1-2-9(8-10)12-6-4-11-5-7-12;;/h1-3,8,11,13H,4-7H2;2*1H. The molecule has 1 heterocycles. The van der Waals surface area contributed by atoms with E-state index >= 15 is 0 Å². The summed E-state index contributed by atoms with van der Waals surface area (Å²) >= 11 is 0. The Morgan fingerprint density at radius 1 is 1.13 bits per heavy atom. The van der Waals surface area contributed by atoms with Crippen LogP contribution in [0.4, 0.5) is 5.69 Å². The van der Waals surface area contributed by atoms with Crippen LogP contribution < -0.4 is 10.2 Å². The molecule has 1 aromatic rings. The maximum Gasteiger partial charge on any atom is 0.117 e. The predicted octanol–water partition coefficient (Wildman–Crippen LogP) is 1.65. The molecule has 0 aromatic heterocycles. The fourth-order valence-corrected chi connectivity index (χ4v) is 1.61. The molecule has 15 heavy (non-hydrogen) atoms. The lowest BCUT2D eigenvalue weighted by Crippen LogP contribution is -2.43. The van der Waals surface area contributed by atoms with E-state index < -0.39 is 0 Å². The zero-order chi connectivity index (χ0) is 9.10. The summed E-state index contributed by atoms with van der Waals surface area (Å²) in [4.78, 5) is 2.27. The van der Waals surface area contributed by atoms with Crippen molar-refractivity contribution in [1.82, 2.24) is 5.32 Å². The first kappa shape index (κ1) is 14.4. The molecule has 3 nitrogen and oxygen atoms in total. The molecule has 0 amide bonds. The Labute approximate surface area is 102 Å². The van der Waals surface area contributed by atoms with E-state index in [4.69, 9.17) is 0 Å². The van der Waals surface area contributed by atoms with E-state index in [2.05, 4.69) is 10.2 Å². The molecule has 5 heteroatoms. The molecule has 0 saturated carbocycles. The summed E-state index contributed by atoms with van der Waals surface area (Å²) in [5.74, 6) is 0.344. The molecule has 1 saturated heterocycles. The Morgan fingerprint density at radius 3 is 2.40 bits per heavy atom. The smallest absolute Gasteiger partial charge is 0.117 e. The molecular weight excluding hydrogens is 235 g/mol. The number of phenolic OH excluding ortho intramolecular Hbond substituents is 1. The minimum atomic E-state index is 0. The summed E-state index contributed by atoms with van der Waals surface area (Å²) in [5.41, 5.74) is 1.11. The lowest BCUT2D eigenvalue weighted by molar-refractivity contribution is 0.475. The number of aromatic hydroxyl groups is 1. The summed E-state index contributed by atoms with van der Waals surface area (Å²) in [6.07, 6.45) is 0. The average molecular weight is 251 g/mol. The summed E-state index contributed by atoms with van der Waals surface area (Å²) in [6, 6.07) is 7.43. The van der Waals surface area contributed by atoms with E-state index in [1.165, 1.54) is 0 Å². The van der Waals surface area contributed by atoms with Crippen molar-refractivity contribution in [3.63, 3.8) is 0 Å². The van der Waals surface area contributed by atoms with Gasteiger partial charge < -0.3 is 15.3 Å². The number of nitrogens with zero attached hydrogens (tertiary/aromatic N) is 1. The molecule has 1 aliphatic rings. The van der Waals surface area contributed by atoms with Crippen LogP contribution in [0.3, 0.4) is 0 Å². The van der Waals surface area contributed by atoms with Crippen molar-refractivity contribution in [2.24, 2.45) is 0 Å². The minimum Gasteiger partial charge on any atom is -0.508 e. The maximum absolute atomic E-state index is 9.30. The van der Waals surface area contributed by atoms with Gasteiger partial charge in [-0.2, -0.15) is 0 Å². The number of hydrogen-bond acceptors (Lipinski definition) is 3. The van der Waals surface area contributed by atoms with Gasteiger partial charge in [-0.15, -0.1) is 24.8 Å². The van der Waals surface area contributed by atoms with Crippen LogP contribution in [0.25, 0.3) is 0 Å². The second-order valence-electron chi connectivity index (χ2n) is 3.26. The zero-order valence-electron chi connectivity index (χ0n) is 8.35. The monoisotopic (exact) mass is 250 g/mol. The van der Waals surface area contributed by atoms with Gasteiger partial charge in [0.2, 0.25) is 0 Å². The highest BCUT2D eigenvalue weighted by atomic mass is 35.5. The Bertz CT molecular complexity index is 291. The van der Waals surface area contributed by atoms with Gasteiger partial charge in [0.1, 0.15) is 5.75 Å². The quantitative estimate of drug-likeness (QED) is 0.796. The Morgan fingerprint density at radius 2 is 1.80 bits per heavy atom. The van der Waals surface area contributed by atoms with E-state index in [1.807, 2.05) is 18.2 Å². The third-order valence-corrected chi connectivity index (χ3v) is 2.31. The molecule has 2 rings (SSSR count). The maximum atomic E-state index is 9.30. The van der Waals surface area contributed by atoms with Gasteiger partial charge in [-0.1, -0.05) is 6.07 Å². The number of anilines is 1. The Hall–Kier alpha value is -0.640. The summed E-state index contributed by atoms with van der Waals surface area (Å²) < 4.78 is 0. The van der Waals surface area contributed by atoms with E-state index in [9.17, 15) is 5.11 Å². The van der Waals surface area contributed by atoms with Crippen LogP contribution in [0.1, 0.15) is 0 Å². The van der Waals surface area contributed by atoms with Gasteiger partial charge in [0, 0.05) is 37.9 Å². The first-order valence-electron chi connectivity index (χ1n) is 4.61. The van der Waals surface area contributed by atoms with Crippen molar-refractivity contribution >= 4 is 30.5 Å². The molecular formula is C10H16Cl2N2O. The first-order chi connectivity index (χ1) is 6.36. The molecule has 0 unspecified atom stereocenters. The van der Waals surface area contributed by atoms with E-state index in [1.54, 1.807) is 6.07 Å². The predicted molar refractivity (Wildman–Crippen MR) is 67.7 cm³/mol. The normalized spacial score (nSPS) is 15.1. The summed E-state index contributed by atoms with van der Waals surface area (Å²) in [7, 11) is 0. The summed E-state index contributed by atoms with van der Waals surface area (Å²) in [6.45, 7) is 4.08. The van der Waals surface area contributed by atoms with Gasteiger partial charge in [-0.05, 0) is 12.1 Å². The number of benzene rings is 1. The van der Waals surface area contributed by atoms with Crippen molar-refractivity contribution in [1.29, 1.82) is 0 Å². The molecule has 0 bridgehead atoms. The van der Waals surface area contributed by atoms with Crippen LogP contribution in [0.15, 0.2) is 24.3 Å². The van der Waals surface area contributed by atoms with Crippen molar-refractivity contribution in [3.05, 3.63) is 24.3 Å². The van der Waals surface area contributed by atoms with Crippen LogP contribution in [0.5, 0.6) is 5.75 Å². The molecule has 1 aromatic carbocycles. The molecule has 0 aliphatic carbocycles. The van der Waals surface area contributed by atoms with Crippen LogP contribution in [0, 0.1) is 0 Å². The van der Waals surface area contributed by atoms with Gasteiger partial charge in [0.25, 0.3) is 0 Å². The van der Waals surface area contributed by atoms with Crippen LogP contribution in [-0.4, -0.2) is 31.3 Å². The largest absolute Gasteiger partial charge is 0.508 e. The van der Waals surface area contributed by atoms with Crippen LogP contribution in [-0.2, 0) is 0 Å². The number of nitrogens with one attached hydrogen (secondary N) is 1. The lowest BCUT2D eigenvalue weighted by Gasteiger charge is -2.29. The highest BCUT2D eigenvalue weighted by Gasteiger charge is 2.09. The summed E-state index contributed by atoms with van der Waals surface area (Å²) in [5, 5.41) is 12.6. The van der Waals surface area contributed by atoms with E-state index in [0.29, 0.717) is 5.75 Å². The number of halogens is 2. The topological polar surface area (TPSA) is 35.5 Å². The lowest BCUT2D eigenvalue weighted by atomic mass is 10.2. The number of piperazine rings is 1. The molecule has 1 aliphatic heterocycles. The van der Waals surface area contributed by atoms with E-state index in [0.717, 1.165) is 31.9 Å². The van der Waals surface area contributed by atoms with Gasteiger partial charge in [-0.25, -0.2) is 0 Å². The molecule has 0 spiro atoms. The third kappa shape index (κ3) is 3.78. The third-order valence-electron chi connectivity index (χ3n) is 2.31. The van der Waals surface area contributed by atoms with E-state index in [-0.39, 0.29) is 24.8 Å². The minimum absolute atomic E-state index is 0. The number of hydrogen-bond donors (Lipinski definition) is 2. The van der Waals surface area contributed by atoms with Crippen molar-refractivity contribution in [3.8, 4) is 5.75 Å². The molecule has 1 fully saturated rings. The number of rotatable bonds is 1. The molecule has 0 radical (unpaired) electrons. The average Bonchev–Trinajstić information content (AvgIpc) is 2.19. The molecule has 2 N–H and O–H groups in total. The van der Waals surface area contributed by atoms with Gasteiger partial charge >= 0.3 is 0 Å². The highest BCUT2D eigenvalue weighted by molar-refractivity contribution is 5.85. The SMILES string of the molecule is Cl.Cl.Oc1cccc(N2CCNCC2)c1. The van der Waals surface area contributed by atoms with Gasteiger partial charge in [0.15, 0.2) is 0 Å². The van der Waals surface area contributed by atoms with Crippen molar-refractivity contribution in [2.45, 2.75) is 0 Å². The zero-order valence-corrected chi connectivity index (χ0v) is 9.98. The van der Waals surface area contributed by atoms with Crippen molar-refractivity contribution in [2.75, 3.05) is 31.1 Å². The van der Waals surface area contributed by atoms with Crippen LogP contribution in [0.2, 0.25) is 0 Å². The second kappa shape index (κ2) is 6.77. The number of phenols is 1. The first-order valence-corrected chi connectivity index (χ1v) is 4.61. The van der Waals surface area contributed by atoms with Crippen molar-refractivity contribution < 1.29 is 5.11 Å². The fourth-order valence-electron chi connectivity index (χ4n) is 1.61. The Kier molecular flexibility index (Phi) is 6.48. The highest BCUT2D eigenvalue weighted by Crippen LogP contribution is 2.19.